The van der Waals surface area contributed by atoms with Crippen molar-refractivity contribution in [3.63, 3.8) is 0 Å². The molecule has 2 N–H and O–H groups in total. The van der Waals surface area contributed by atoms with E-state index in [4.69, 9.17) is 0 Å². The van der Waals surface area contributed by atoms with Gasteiger partial charge in [0.2, 0.25) is 10.0 Å². The monoisotopic (exact) mass is 334 g/mol. The van der Waals surface area contributed by atoms with E-state index in [1.165, 1.54) is 11.3 Å². The molecule has 0 amide bonds. The molecule has 0 bridgehead atoms. The van der Waals surface area contributed by atoms with Gasteiger partial charge in [0, 0.05) is 18.0 Å². The van der Waals surface area contributed by atoms with Crippen LogP contribution in [0.4, 0.5) is 0 Å². The molecule has 0 spiro atoms. The number of sulfonamides is 1. The van der Waals surface area contributed by atoms with Gasteiger partial charge < -0.3 is 5.32 Å². The molecule has 0 aliphatic carbocycles. The molecule has 7 heteroatoms. The van der Waals surface area contributed by atoms with Gasteiger partial charge in [-0.1, -0.05) is 6.92 Å². The lowest BCUT2D eigenvalue weighted by atomic mass is 10.0. The molecule has 1 saturated heterocycles. The molecule has 114 valence electrons. The maximum Gasteiger partial charge on any atom is 0.241 e. The van der Waals surface area contributed by atoms with Crippen LogP contribution in [0.2, 0.25) is 0 Å². The first kappa shape index (κ1) is 16.3. The van der Waals surface area contributed by atoms with E-state index < -0.39 is 10.0 Å². The van der Waals surface area contributed by atoms with Crippen LogP contribution in [-0.4, -0.2) is 33.0 Å². The van der Waals surface area contributed by atoms with Gasteiger partial charge >= 0.3 is 0 Å². The lowest BCUT2D eigenvalue weighted by molar-refractivity contribution is 0.476. The number of thioether (sulfide) groups is 1. The van der Waals surface area contributed by atoms with Crippen LogP contribution >= 0.6 is 23.1 Å². The maximum atomic E-state index is 12.4. The third kappa shape index (κ3) is 4.46. The van der Waals surface area contributed by atoms with Gasteiger partial charge in [0.25, 0.3) is 0 Å². The molecule has 1 aromatic heterocycles. The molecule has 1 aliphatic rings. The van der Waals surface area contributed by atoms with E-state index in [9.17, 15) is 8.42 Å². The van der Waals surface area contributed by atoms with Gasteiger partial charge in [-0.2, -0.15) is 11.8 Å². The number of rotatable bonds is 7. The summed E-state index contributed by atoms with van der Waals surface area (Å²) in [4.78, 5) is 1.33. The second-order valence-corrected chi connectivity index (χ2v) is 8.86. The molecule has 2 rings (SSSR count). The van der Waals surface area contributed by atoms with Crippen molar-refractivity contribution in [3.05, 3.63) is 16.3 Å². The van der Waals surface area contributed by atoms with Gasteiger partial charge in [0.1, 0.15) is 0 Å². The minimum atomic E-state index is -3.36. The van der Waals surface area contributed by atoms with Crippen molar-refractivity contribution in [2.75, 3.05) is 24.6 Å². The first-order valence-electron chi connectivity index (χ1n) is 6.98. The fourth-order valence-corrected chi connectivity index (χ4v) is 5.92. The first-order chi connectivity index (χ1) is 9.63. The number of hydrogen-bond donors (Lipinski definition) is 2. The molecule has 1 fully saturated rings. The average Bonchev–Trinajstić information content (AvgIpc) is 2.93. The summed E-state index contributed by atoms with van der Waals surface area (Å²) >= 11 is 3.45. The fourth-order valence-electron chi connectivity index (χ4n) is 2.19. The molecule has 0 unspecified atom stereocenters. The maximum absolute atomic E-state index is 12.4. The molecule has 1 aromatic rings. The molecule has 4 nitrogen and oxygen atoms in total. The van der Waals surface area contributed by atoms with Gasteiger partial charge in [-0.05, 0) is 48.3 Å². The number of nitrogens with one attached hydrogen (secondary N) is 2. The van der Waals surface area contributed by atoms with Crippen LogP contribution in [0.15, 0.2) is 16.3 Å². The van der Waals surface area contributed by atoms with E-state index in [1.54, 1.807) is 6.07 Å². The van der Waals surface area contributed by atoms with E-state index in [1.807, 2.05) is 24.1 Å². The van der Waals surface area contributed by atoms with Gasteiger partial charge in [-0.3, -0.25) is 0 Å². The van der Waals surface area contributed by atoms with Crippen LogP contribution in [-0.2, 0) is 16.6 Å². The Labute approximate surface area is 129 Å². The minimum absolute atomic E-state index is 0.439. The second-order valence-electron chi connectivity index (χ2n) is 4.90. The summed E-state index contributed by atoms with van der Waals surface area (Å²) in [5, 5.41) is 5.03. The highest BCUT2D eigenvalue weighted by atomic mass is 32.2. The van der Waals surface area contributed by atoms with Gasteiger partial charge in [-0.15, -0.1) is 11.3 Å². The average molecular weight is 335 g/mol. The van der Waals surface area contributed by atoms with Crippen LogP contribution in [0, 0.1) is 5.92 Å². The van der Waals surface area contributed by atoms with Crippen LogP contribution in [0.1, 0.15) is 24.6 Å². The third-order valence-corrected chi connectivity index (χ3v) is 7.04. The van der Waals surface area contributed by atoms with E-state index >= 15 is 0 Å². The molecule has 1 aliphatic heterocycles. The normalized spacial score (nSPS) is 17.4. The Morgan fingerprint density at radius 2 is 2.10 bits per heavy atom. The lowest BCUT2D eigenvalue weighted by Crippen LogP contribution is -2.31. The molecular formula is C13H22N2O2S3. The van der Waals surface area contributed by atoms with Gasteiger partial charge in [-0.25, -0.2) is 13.1 Å². The molecule has 0 atom stereocenters. The summed E-state index contributed by atoms with van der Waals surface area (Å²) in [5.74, 6) is 2.79. The SMILES string of the molecule is CCNCc1sccc1S(=O)(=O)NCC1CCSCC1. The highest BCUT2D eigenvalue weighted by Crippen LogP contribution is 2.24. The zero-order valence-corrected chi connectivity index (χ0v) is 14.2. The van der Waals surface area contributed by atoms with Crippen molar-refractivity contribution in [2.45, 2.75) is 31.2 Å². The minimum Gasteiger partial charge on any atom is -0.312 e. The van der Waals surface area contributed by atoms with Crippen molar-refractivity contribution >= 4 is 33.1 Å². The largest absolute Gasteiger partial charge is 0.312 e. The Bertz CT molecular complexity index is 507. The highest BCUT2D eigenvalue weighted by molar-refractivity contribution is 7.99. The first-order valence-corrected chi connectivity index (χ1v) is 10.5. The summed E-state index contributed by atoms with van der Waals surface area (Å²) in [5.41, 5.74) is 0. The van der Waals surface area contributed by atoms with E-state index in [2.05, 4.69) is 10.0 Å². The second kappa shape index (κ2) is 7.79. The molecule has 2 heterocycles. The van der Waals surface area contributed by atoms with E-state index in [0.29, 0.717) is 23.9 Å². The zero-order chi connectivity index (χ0) is 14.4. The van der Waals surface area contributed by atoms with Crippen molar-refractivity contribution < 1.29 is 8.42 Å². The smallest absolute Gasteiger partial charge is 0.241 e. The predicted molar refractivity (Wildman–Crippen MR) is 86.9 cm³/mol. The topological polar surface area (TPSA) is 58.2 Å². The zero-order valence-electron chi connectivity index (χ0n) is 11.7. The number of hydrogen-bond acceptors (Lipinski definition) is 5. The third-order valence-electron chi connectivity index (χ3n) is 3.43. The van der Waals surface area contributed by atoms with Gasteiger partial charge in [0.05, 0.1) is 4.90 Å². The van der Waals surface area contributed by atoms with Crippen molar-refractivity contribution in [3.8, 4) is 0 Å². The van der Waals surface area contributed by atoms with Crippen molar-refractivity contribution in [1.29, 1.82) is 0 Å². The Morgan fingerprint density at radius 3 is 2.80 bits per heavy atom. The van der Waals surface area contributed by atoms with Crippen LogP contribution in [0.5, 0.6) is 0 Å². The number of thiophene rings is 1. The molecular weight excluding hydrogens is 312 g/mol. The van der Waals surface area contributed by atoms with Crippen LogP contribution < -0.4 is 10.0 Å². The summed E-state index contributed by atoms with van der Waals surface area (Å²) < 4.78 is 27.6. The summed E-state index contributed by atoms with van der Waals surface area (Å²) in [6, 6.07) is 1.70. The quantitative estimate of drug-likeness (QED) is 0.803. The highest BCUT2D eigenvalue weighted by Gasteiger charge is 2.22. The summed E-state index contributed by atoms with van der Waals surface area (Å²) in [6.07, 6.45) is 2.22. The van der Waals surface area contributed by atoms with Gasteiger partial charge in [0.15, 0.2) is 0 Å². The van der Waals surface area contributed by atoms with E-state index in [-0.39, 0.29) is 0 Å². The molecule has 0 radical (unpaired) electrons. The van der Waals surface area contributed by atoms with Crippen LogP contribution in [0.3, 0.4) is 0 Å². The summed E-state index contributed by atoms with van der Waals surface area (Å²) in [6.45, 7) is 4.04. The summed E-state index contributed by atoms with van der Waals surface area (Å²) in [7, 11) is -3.36. The standard InChI is InChI=1S/C13H22N2O2S3/c1-2-14-10-12-13(5-8-19-12)20(16,17)15-9-11-3-6-18-7-4-11/h5,8,11,14-15H,2-4,6-7,9-10H2,1H3. The molecule has 0 aromatic carbocycles. The predicted octanol–water partition coefficient (Wildman–Crippen LogP) is 2.28. The Morgan fingerprint density at radius 1 is 1.35 bits per heavy atom. The Kier molecular flexibility index (Phi) is 6.35. The molecule has 0 saturated carbocycles. The van der Waals surface area contributed by atoms with E-state index in [0.717, 1.165) is 35.8 Å². The lowest BCUT2D eigenvalue weighted by Gasteiger charge is -2.21. The Hall–Kier alpha value is -0.0800. The van der Waals surface area contributed by atoms with Crippen molar-refractivity contribution in [2.24, 2.45) is 5.92 Å². The Balaban J connectivity index is 1.97. The van der Waals surface area contributed by atoms with Crippen LogP contribution in [0.25, 0.3) is 0 Å². The molecule has 20 heavy (non-hydrogen) atoms. The fraction of sp³-hybridized carbons (Fsp3) is 0.692. The van der Waals surface area contributed by atoms with Crippen molar-refractivity contribution in [1.82, 2.24) is 10.0 Å².